The van der Waals surface area contributed by atoms with Crippen molar-refractivity contribution < 1.29 is 15.0 Å². The number of ketones is 1. The van der Waals surface area contributed by atoms with E-state index in [1.807, 2.05) is 0 Å². The molecule has 0 spiro atoms. The number of para-hydroxylation sites is 1. The second-order valence-electron chi connectivity index (χ2n) is 4.80. The Hall–Kier alpha value is -3.14. The van der Waals surface area contributed by atoms with Crippen LogP contribution in [0.1, 0.15) is 16.1 Å². The summed E-state index contributed by atoms with van der Waals surface area (Å²) in [5.41, 5.74) is 1.70. The van der Waals surface area contributed by atoms with Crippen LogP contribution in [-0.2, 0) is 0 Å². The van der Waals surface area contributed by atoms with Gasteiger partial charge in [0.1, 0.15) is 17.2 Å². The van der Waals surface area contributed by atoms with Gasteiger partial charge >= 0.3 is 0 Å². The van der Waals surface area contributed by atoms with Crippen molar-refractivity contribution in [3.8, 4) is 22.8 Å². The van der Waals surface area contributed by atoms with Gasteiger partial charge in [-0.1, -0.05) is 30.3 Å². The highest BCUT2D eigenvalue weighted by Crippen LogP contribution is 2.27. The molecule has 3 aromatic rings. The summed E-state index contributed by atoms with van der Waals surface area (Å²) in [4.78, 5) is 16.7. The largest absolute Gasteiger partial charge is 0.508 e. The van der Waals surface area contributed by atoms with Gasteiger partial charge in [0, 0.05) is 11.1 Å². The van der Waals surface area contributed by atoms with Crippen LogP contribution < -0.4 is 0 Å². The van der Waals surface area contributed by atoms with Crippen LogP contribution >= 0.6 is 0 Å². The molecule has 0 aliphatic carbocycles. The van der Waals surface area contributed by atoms with Crippen LogP contribution in [0.25, 0.3) is 11.3 Å². The molecular formula is C18H13NO3. The molecule has 0 bridgehead atoms. The standard InChI is InChI=1S/C18H13NO3/c20-13-6-3-5-12(11-13)18(22)16-9-4-8-15(19-16)14-7-1-2-10-17(14)21/h1-11,20-21H. The van der Waals surface area contributed by atoms with Crippen LogP contribution in [0.2, 0.25) is 0 Å². The van der Waals surface area contributed by atoms with E-state index in [1.165, 1.54) is 12.1 Å². The Labute approximate surface area is 127 Å². The topological polar surface area (TPSA) is 70.4 Å². The van der Waals surface area contributed by atoms with E-state index in [-0.39, 0.29) is 23.0 Å². The van der Waals surface area contributed by atoms with Gasteiger partial charge in [0.15, 0.2) is 0 Å². The third-order valence-electron chi connectivity index (χ3n) is 3.27. The van der Waals surface area contributed by atoms with E-state index in [9.17, 15) is 15.0 Å². The second kappa shape index (κ2) is 5.69. The molecule has 1 aromatic heterocycles. The van der Waals surface area contributed by atoms with Gasteiger partial charge in [-0.2, -0.15) is 0 Å². The van der Waals surface area contributed by atoms with E-state index in [0.29, 0.717) is 16.8 Å². The van der Waals surface area contributed by atoms with E-state index in [4.69, 9.17) is 0 Å². The molecule has 0 atom stereocenters. The first kappa shape index (κ1) is 13.8. The number of rotatable bonds is 3. The van der Waals surface area contributed by atoms with Crippen molar-refractivity contribution in [2.24, 2.45) is 0 Å². The summed E-state index contributed by atoms with van der Waals surface area (Å²) in [7, 11) is 0. The number of phenolic OH excluding ortho intramolecular Hbond substituents is 2. The lowest BCUT2D eigenvalue weighted by Gasteiger charge is -2.06. The first-order chi connectivity index (χ1) is 10.6. The molecule has 22 heavy (non-hydrogen) atoms. The number of aromatic hydroxyl groups is 2. The zero-order valence-electron chi connectivity index (χ0n) is 11.6. The fourth-order valence-corrected chi connectivity index (χ4v) is 2.20. The third-order valence-corrected chi connectivity index (χ3v) is 3.27. The molecule has 4 heteroatoms. The minimum atomic E-state index is -0.284. The molecule has 2 N–H and O–H groups in total. The minimum Gasteiger partial charge on any atom is -0.508 e. The SMILES string of the molecule is O=C(c1cccc(O)c1)c1cccc(-c2ccccc2O)n1. The van der Waals surface area contributed by atoms with E-state index in [2.05, 4.69) is 4.98 Å². The number of carbonyl (C=O) groups is 1. The number of phenols is 2. The molecule has 0 fully saturated rings. The molecule has 0 amide bonds. The fraction of sp³-hybridized carbons (Fsp3) is 0. The smallest absolute Gasteiger partial charge is 0.211 e. The van der Waals surface area contributed by atoms with E-state index in [0.717, 1.165) is 0 Å². The monoisotopic (exact) mass is 291 g/mol. The van der Waals surface area contributed by atoms with E-state index in [1.54, 1.807) is 54.6 Å². The molecular weight excluding hydrogens is 278 g/mol. The number of hydrogen-bond donors (Lipinski definition) is 2. The lowest BCUT2D eigenvalue weighted by molar-refractivity contribution is 0.103. The Kier molecular flexibility index (Phi) is 3.58. The van der Waals surface area contributed by atoms with Crippen molar-refractivity contribution in [2.45, 2.75) is 0 Å². The number of aromatic nitrogens is 1. The summed E-state index contributed by atoms with van der Waals surface area (Å²) in [6.07, 6.45) is 0. The predicted octanol–water partition coefficient (Wildman–Crippen LogP) is 3.39. The summed E-state index contributed by atoms with van der Waals surface area (Å²) in [6.45, 7) is 0. The van der Waals surface area contributed by atoms with Crippen molar-refractivity contribution in [1.29, 1.82) is 0 Å². The highest BCUT2D eigenvalue weighted by atomic mass is 16.3. The second-order valence-corrected chi connectivity index (χ2v) is 4.80. The number of pyridine rings is 1. The van der Waals surface area contributed by atoms with Crippen LogP contribution in [0.3, 0.4) is 0 Å². The zero-order chi connectivity index (χ0) is 15.5. The highest BCUT2D eigenvalue weighted by molar-refractivity contribution is 6.08. The molecule has 0 unspecified atom stereocenters. The molecule has 1 heterocycles. The van der Waals surface area contributed by atoms with Crippen LogP contribution in [0.15, 0.2) is 66.7 Å². The third kappa shape index (κ3) is 2.67. The van der Waals surface area contributed by atoms with E-state index < -0.39 is 0 Å². The van der Waals surface area contributed by atoms with Crippen molar-refractivity contribution >= 4 is 5.78 Å². The van der Waals surface area contributed by atoms with Crippen molar-refractivity contribution in [3.63, 3.8) is 0 Å². The molecule has 108 valence electrons. The molecule has 0 aliphatic rings. The fourth-order valence-electron chi connectivity index (χ4n) is 2.20. The van der Waals surface area contributed by atoms with Crippen LogP contribution in [0.4, 0.5) is 0 Å². The Bertz CT molecular complexity index is 843. The van der Waals surface area contributed by atoms with Crippen molar-refractivity contribution in [3.05, 3.63) is 78.0 Å². The lowest BCUT2D eigenvalue weighted by atomic mass is 10.1. The molecule has 2 aromatic carbocycles. The molecule has 3 rings (SSSR count). The quantitative estimate of drug-likeness (QED) is 0.726. The molecule has 0 aliphatic heterocycles. The van der Waals surface area contributed by atoms with Gasteiger partial charge < -0.3 is 10.2 Å². The lowest BCUT2D eigenvalue weighted by Crippen LogP contribution is -2.04. The summed E-state index contributed by atoms with van der Waals surface area (Å²) < 4.78 is 0. The zero-order valence-corrected chi connectivity index (χ0v) is 11.6. The van der Waals surface area contributed by atoms with Gasteiger partial charge in [-0.25, -0.2) is 4.98 Å². The summed E-state index contributed by atoms with van der Waals surface area (Å²) >= 11 is 0. The maximum atomic E-state index is 12.4. The molecule has 0 saturated heterocycles. The molecule has 4 nitrogen and oxygen atoms in total. The van der Waals surface area contributed by atoms with Crippen LogP contribution in [0.5, 0.6) is 11.5 Å². The van der Waals surface area contributed by atoms with Crippen molar-refractivity contribution in [1.82, 2.24) is 4.98 Å². The molecule has 0 saturated carbocycles. The number of nitrogens with zero attached hydrogens (tertiary/aromatic N) is 1. The maximum Gasteiger partial charge on any atom is 0.211 e. The van der Waals surface area contributed by atoms with Gasteiger partial charge in [-0.15, -0.1) is 0 Å². The number of hydrogen-bond acceptors (Lipinski definition) is 4. The Morgan fingerprint density at radius 1 is 0.864 bits per heavy atom. The van der Waals surface area contributed by atoms with Gasteiger partial charge in [-0.05, 0) is 36.4 Å². The highest BCUT2D eigenvalue weighted by Gasteiger charge is 2.13. The number of benzene rings is 2. The summed E-state index contributed by atoms with van der Waals surface area (Å²) in [5.74, 6) is -0.146. The first-order valence-corrected chi connectivity index (χ1v) is 6.74. The summed E-state index contributed by atoms with van der Waals surface area (Å²) in [5, 5.41) is 19.4. The minimum absolute atomic E-state index is 0.0303. The average molecular weight is 291 g/mol. The maximum absolute atomic E-state index is 12.4. The Morgan fingerprint density at radius 2 is 1.64 bits per heavy atom. The normalized spacial score (nSPS) is 10.4. The predicted molar refractivity (Wildman–Crippen MR) is 82.9 cm³/mol. The Morgan fingerprint density at radius 3 is 2.41 bits per heavy atom. The molecule has 0 radical (unpaired) electrons. The van der Waals surface area contributed by atoms with Crippen LogP contribution in [-0.4, -0.2) is 21.0 Å². The average Bonchev–Trinajstić information content (AvgIpc) is 2.55. The first-order valence-electron chi connectivity index (χ1n) is 6.74. The van der Waals surface area contributed by atoms with Crippen LogP contribution in [0, 0.1) is 0 Å². The summed E-state index contributed by atoms with van der Waals surface area (Å²) in [6, 6.07) is 18.0. The van der Waals surface area contributed by atoms with Crippen molar-refractivity contribution in [2.75, 3.05) is 0 Å². The van der Waals surface area contributed by atoms with Gasteiger partial charge in [-0.3, -0.25) is 4.79 Å². The van der Waals surface area contributed by atoms with Gasteiger partial charge in [0.25, 0.3) is 0 Å². The van der Waals surface area contributed by atoms with E-state index >= 15 is 0 Å². The van der Waals surface area contributed by atoms with Gasteiger partial charge in [0.2, 0.25) is 5.78 Å². The Balaban J connectivity index is 2.02. The number of carbonyl (C=O) groups excluding carboxylic acids is 1. The van der Waals surface area contributed by atoms with Gasteiger partial charge in [0.05, 0.1) is 5.69 Å².